The number of benzene rings is 2. The predicted octanol–water partition coefficient (Wildman–Crippen LogP) is 4.66. The summed E-state index contributed by atoms with van der Waals surface area (Å²) >= 11 is 7.30. The fourth-order valence-electron chi connectivity index (χ4n) is 2.79. The minimum Gasteiger partial charge on any atom is -0.349 e. The molecule has 0 atom stereocenters. The summed E-state index contributed by atoms with van der Waals surface area (Å²) in [5.74, 6) is -0.126. The van der Waals surface area contributed by atoms with Crippen LogP contribution in [0.4, 0.5) is 5.69 Å². The summed E-state index contributed by atoms with van der Waals surface area (Å²) in [5.41, 5.74) is 1.39. The van der Waals surface area contributed by atoms with Crippen LogP contribution in [-0.2, 0) is 16.6 Å². The van der Waals surface area contributed by atoms with Crippen molar-refractivity contribution in [2.75, 3.05) is 10.6 Å². The van der Waals surface area contributed by atoms with Crippen LogP contribution in [0.25, 0.3) is 10.1 Å². The highest BCUT2D eigenvalue weighted by molar-refractivity contribution is 7.92. The Kier molecular flexibility index (Phi) is 5.98. The van der Waals surface area contributed by atoms with E-state index in [-0.39, 0.29) is 18.5 Å². The highest BCUT2D eigenvalue weighted by atomic mass is 35.5. The van der Waals surface area contributed by atoms with Gasteiger partial charge in [0.25, 0.3) is 5.91 Å². The molecule has 148 valence electrons. The van der Waals surface area contributed by atoms with Crippen LogP contribution in [0.2, 0.25) is 5.02 Å². The smallest absolute Gasteiger partial charge is 0.261 e. The quantitative estimate of drug-likeness (QED) is 0.611. The van der Waals surface area contributed by atoms with E-state index < -0.39 is 10.0 Å². The molecule has 0 saturated carbocycles. The number of rotatable bonds is 6. The molecule has 28 heavy (non-hydrogen) atoms. The third-order valence-electron chi connectivity index (χ3n) is 4.07. The first-order chi connectivity index (χ1) is 13.1. The molecular formula is C20H21ClN2O3S2. The first kappa shape index (κ1) is 20.6. The lowest BCUT2D eigenvalue weighted by Gasteiger charge is -2.22. The van der Waals surface area contributed by atoms with Crippen LogP contribution in [0.15, 0.2) is 48.5 Å². The maximum Gasteiger partial charge on any atom is 0.261 e. The normalized spacial score (nSPS) is 11.8. The summed E-state index contributed by atoms with van der Waals surface area (Å²) in [6, 6.07) is 14.3. The van der Waals surface area contributed by atoms with Gasteiger partial charge >= 0.3 is 0 Å². The third-order valence-corrected chi connectivity index (χ3v) is 6.58. The maximum absolute atomic E-state index is 12.4. The molecule has 3 aromatic rings. The molecular weight excluding hydrogens is 416 g/mol. The Labute approximate surface area is 174 Å². The van der Waals surface area contributed by atoms with Crippen molar-refractivity contribution in [2.45, 2.75) is 26.4 Å². The summed E-state index contributed by atoms with van der Waals surface area (Å²) in [6.07, 6.45) is 1.18. The Hall–Kier alpha value is -2.09. The Bertz CT molecular complexity index is 1110. The second-order valence-corrected chi connectivity index (χ2v) is 10.3. The number of nitrogens with zero attached hydrogens (tertiary/aromatic N) is 1. The van der Waals surface area contributed by atoms with E-state index in [1.807, 2.05) is 19.9 Å². The Morgan fingerprint density at radius 2 is 1.82 bits per heavy atom. The second-order valence-electron chi connectivity index (χ2n) is 6.86. The summed E-state index contributed by atoms with van der Waals surface area (Å²) in [5, 5.41) is 4.31. The van der Waals surface area contributed by atoms with Crippen LogP contribution in [0.1, 0.15) is 29.1 Å². The highest BCUT2D eigenvalue weighted by Crippen LogP contribution is 2.31. The minimum atomic E-state index is -3.50. The molecule has 0 unspecified atom stereocenters. The number of thiophene rings is 1. The van der Waals surface area contributed by atoms with Gasteiger partial charge in [0.05, 0.1) is 23.4 Å². The predicted molar refractivity (Wildman–Crippen MR) is 117 cm³/mol. The first-order valence-electron chi connectivity index (χ1n) is 8.70. The Morgan fingerprint density at radius 1 is 1.14 bits per heavy atom. The fraction of sp³-hybridized carbons (Fsp3) is 0.250. The molecule has 0 bridgehead atoms. The van der Waals surface area contributed by atoms with Gasteiger partial charge < -0.3 is 5.32 Å². The zero-order valence-corrected chi connectivity index (χ0v) is 18.2. The van der Waals surface area contributed by atoms with Crippen LogP contribution < -0.4 is 9.62 Å². The van der Waals surface area contributed by atoms with Crippen LogP contribution in [0, 0.1) is 0 Å². The van der Waals surface area contributed by atoms with E-state index in [0.29, 0.717) is 15.6 Å². The molecule has 1 amide bonds. The largest absolute Gasteiger partial charge is 0.349 e. The van der Waals surface area contributed by atoms with E-state index in [2.05, 4.69) is 5.32 Å². The summed E-state index contributed by atoms with van der Waals surface area (Å²) in [4.78, 5) is 12.9. The molecule has 1 aromatic heterocycles. The van der Waals surface area contributed by atoms with Crippen molar-refractivity contribution in [3.8, 4) is 0 Å². The van der Waals surface area contributed by atoms with Gasteiger partial charge in [-0.05, 0) is 61.2 Å². The molecule has 5 nitrogen and oxygen atoms in total. The SMILES string of the molecule is CC(C)NC(=O)c1cc2cc(N(Cc3ccc(Cl)cc3)S(C)(=O)=O)ccc2s1. The van der Waals surface area contributed by atoms with Crippen molar-refractivity contribution in [3.05, 3.63) is 64.0 Å². The second kappa shape index (κ2) is 8.11. The molecule has 0 saturated heterocycles. The molecule has 0 aliphatic rings. The minimum absolute atomic E-state index is 0.0494. The van der Waals surface area contributed by atoms with Crippen molar-refractivity contribution >= 4 is 54.6 Å². The molecule has 8 heteroatoms. The van der Waals surface area contributed by atoms with Gasteiger partial charge in [-0.25, -0.2) is 8.42 Å². The van der Waals surface area contributed by atoms with Gasteiger partial charge in [0, 0.05) is 15.8 Å². The van der Waals surface area contributed by atoms with Gasteiger partial charge in [0.1, 0.15) is 0 Å². The molecule has 0 aliphatic heterocycles. The van der Waals surface area contributed by atoms with Crippen molar-refractivity contribution in [3.63, 3.8) is 0 Å². The molecule has 0 spiro atoms. The van der Waals surface area contributed by atoms with Crippen LogP contribution in [0.5, 0.6) is 0 Å². The lowest BCUT2D eigenvalue weighted by molar-refractivity contribution is 0.0947. The Morgan fingerprint density at radius 3 is 2.43 bits per heavy atom. The first-order valence-corrected chi connectivity index (χ1v) is 11.7. The average Bonchev–Trinajstić information content (AvgIpc) is 3.03. The number of halogens is 1. The van der Waals surface area contributed by atoms with Gasteiger partial charge in [-0.15, -0.1) is 11.3 Å². The van der Waals surface area contributed by atoms with Crippen molar-refractivity contribution in [2.24, 2.45) is 0 Å². The number of fused-ring (bicyclic) bond motifs is 1. The van der Waals surface area contributed by atoms with E-state index in [4.69, 9.17) is 11.6 Å². The molecule has 2 aromatic carbocycles. The van der Waals surface area contributed by atoms with Gasteiger partial charge in [-0.2, -0.15) is 0 Å². The number of amides is 1. The molecule has 3 rings (SSSR count). The van der Waals surface area contributed by atoms with Crippen LogP contribution in [-0.4, -0.2) is 26.6 Å². The monoisotopic (exact) mass is 436 g/mol. The van der Waals surface area contributed by atoms with E-state index >= 15 is 0 Å². The van der Waals surface area contributed by atoms with E-state index in [9.17, 15) is 13.2 Å². The number of anilines is 1. The number of carbonyl (C=O) groups is 1. The van der Waals surface area contributed by atoms with E-state index in [0.717, 1.165) is 15.6 Å². The zero-order valence-electron chi connectivity index (χ0n) is 15.8. The van der Waals surface area contributed by atoms with Gasteiger partial charge in [0.15, 0.2) is 0 Å². The topological polar surface area (TPSA) is 66.5 Å². The lowest BCUT2D eigenvalue weighted by atomic mass is 10.2. The van der Waals surface area contributed by atoms with Crippen molar-refractivity contribution < 1.29 is 13.2 Å². The van der Waals surface area contributed by atoms with Gasteiger partial charge in [0.2, 0.25) is 10.0 Å². The van der Waals surface area contributed by atoms with E-state index in [1.165, 1.54) is 21.9 Å². The van der Waals surface area contributed by atoms with Crippen LogP contribution in [0.3, 0.4) is 0 Å². The van der Waals surface area contributed by atoms with E-state index in [1.54, 1.807) is 42.5 Å². The third kappa shape index (κ3) is 4.84. The molecule has 1 heterocycles. The maximum atomic E-state index is 12.4. The molecule has 0 radical (unpaired) electrons. The van der Waals surface area contributed by atoms with Crippen molar-refractivity contribution in [1.29, 1.82) is 0 Å². The standard InChI is InChI=1S/C20H21ClN2O3S2/c1-13(2)22-20(24)19-11-15-10-17(8-9-18(15)27-19)23(28(3,25)26)12-14-4-6-16(21)7-5-14/h4-11,13H,12H2,1-3H3,(H,22,24). The average molecular weight is 437 g/mol. The summed E-state index contributed by atoms with van der Waals surface area (Å²) in [6.45, 7) is 4.01. The fourth-order valence-corrected chi connectivity index (χ4v) is 4.74. The number of carbonyl (C=O) groups excluding carboxylic acids is 1. The highest BCUT2D eigenvalue weighted by Gasteiger charge is 2.19. The number of hydrogen-bond donors (Lipinski definition) is 1. The van der Waals surface area contributed by atoms with Crippen LogP contribution >= 0.6 is 22.9 Å². The molecule has 1 N–H and O–H groups in total. The Balaban J connectivity index is 1.96. The summed E-state index contributed by atoms with van der Waals surface area (Å²) < 4.78 is 27.1. The number of nitrogens with one attached hydrogen (secondary N) is 1. The number of sulfonamides is 1. The van der Waals surface area contributed by atoms with Crippen molar-refractivity contribution in [1.82, 2.24) is 5.32 Å². The number of hydrogen-bond acceptors (Lipinski definition) is 4. The molecule has 0 fully saturated rings. The van der Waals surface area contributed by atoms with Gasteiger partial charge in [-0.3, -0.25) is 9.10 Å². The van der Waals surface area contributed by atoms with Gasteiger partial charge in [-0.1, -0.05) is 23.7 Å². The molecule has 0 aliphatic carbocycles. The lowest BCUT2D eigenvalue weighted by Crippen LogP contribution is -2.29. The summed E-state index contributed by atoms with van der Waals surface area (Å²) in [7, 11) is -3.50. The zero-order chi connectivity index (χ0) is 20.5.